The van der Waals surface area contributed by atoms with Gasteiger partial charge < -0.3 is 23.9 Å². The Bertz CT molecular complexity index is 1200. The maximum atomic E-state index is 14.3. The number of hydrogen-bond acceptors (Lipinski definition) is 6. The van der Waals surface area contributed by atoms with Crippen LogP contribution in [0.5, 0.6) is 0 Å². The lowest BCUT2D eigenvalue weighted by Gasteiger charge is -2.32. The maximum Gasteiger partial charge on any atom is 0.495 e. The first-order valence-electron chi connectivity index (χ1n) is 15.0. The van der Waals surface area contributed by atoms with Gasteiger partial charge in [-0.15, -0.1) is 0 Å². The Morgan fingerprint density at radius 1 is 0.707 bits per heavy atom. The summed E-state index contributed by atoms with van der Waals surface area (Å²) in [6.45, 7) is 22.3. The predicted octanol–water partition coefficient (Wildman–Crippen LogP) is 4.57. The lowest BCUT2D eigenvalue weighted by molar-refractivity contribution is -0.122. The highest BCUT2D eigenvalue weighted by atomic mass is 16.7. The number of nitrogens with one attached hydrogen (secondary N) is 1. The normalized spacial score (nSPS) is 23.2. The van der Waals surface area contributed by atoms with Gasteiger partial charge in [-0.2, -0.15) is 0 Å². The minimum absolute atomic E-state index is 0.0700. The molecular weight excluding hydrogens is 514 g/mol. The average molecular weight is 560 g/mol. The molecule has 0 bridgehead atoms. The van der Waals surface area contributed by atoms with Crippen LogP contribution in [0.25, 0.3) is 0 Å². The van der Waals surface area contributed by atoms with E-state index in [1.807, 2.05) is 17.0 Å². The Morgan fingerprint density at radius 2 is 1.07 bits per heavy atom. The number of piperidine rings is 1. The van der Waals surface area contributed by atoms with E-state index in [2.05, 4.69) is 98.8 Å². The first-order valence-corrected chi connectivity index (χ1v) is 15.0. The molecule has 0 atom stereocenters. The zero-order valence-corrected chi connectivity index (χ0v) is 26.5. The third kappa shape index (κ3) is 5.52. The third-order valence-corrected chi connectivity index (χ3v) is 9.97. The van der Waals surface area contributed by atoms with Crippen molar-refractivity contribution in [3.63, 3.8) is 0 Å². The number of nitrogens with zero attached hydrogens (tertiary/aromatic N) is 1. The van der Waals surface area contributed by atoms with E-state index in [4.69, 9.17) is 18.6 Å². The summed E-state index contributed by atoms with van der Waals surface area (Å²) in [5, 5.41) is 3.39. The second kappa shape index (κ2) is 10.5. The summed E-state index contributed by atoms with van der Waals surface area (Å²) in [6.07, 6.45) is 1.61. The van der Waals surface area contributed by atoms with Crippen molar-refractivity contribution >= 4 is 42.4 Å². The molecule has 0 spiro atoms. The van der Waals surface area contributed by atoms with Gasteiger partial charge in [0.2, 0.25) is 5.91 Å². The van der Waals surface area contributed by atoms with Crippen molar-refractivity contribution in [2.75, 3.05) is 18.0 Å². The minimum atomic E-state index is -0.519. The zero-order valence-electron chi connectivity index (χ0n) is 26.5. The van der Waals surface area contributed by atoms with Crippen molar-refractivity contribution in [2.24, 2.45) is 5.92 Å². The Hall–Kier alpha value is -2.16. The van der Waals surface area contributed by atoms with E-state index in [1.54, 1.807) is 0 Å². The number of amides is 1. The van der Waals surface area contributed by atoms with Crippen LogP contribution in [0, 0.1) is 19.8 Å². The molecule has 0 aromatic heterocycles. The molecule has 1 amide bonds. The van der Waals surface area contributed by atoms with Crippen molar-refractivity contribution < 1.29 is 23.4 Å². The second-order valence-corrected chi connectivity index (χ2v) is 14.0. The molecule has 1 N–H and O–H groups in total. The van der Waals surface area contributed by atoms with Gasteiger partial charge in [-0.1, -0.05) is 23.3 Å². The van der Waals surface area contributed by atoms with E-state index in [1.165, 1.54) is 0 Å². The maximum absolute atomic E-state index is 14.3. The molecule has 3 fully saturated rings. The highest BCUT2D eigenvalue weighted by Gasteiger charge is 2.53. The molecule has 9 heteroatoms. The summed E-state index contributed by atoms with van der Waals surface area (Å²) in [5.41, 5.74) is 3.74. The molecule has 2 aromatic carbocycles. The smallest absolute Gasteiger partial charge is 0.399 e. The molecule has 3 aliphatic heterocycles. The predicted molar refractivity (Wildman–Crippen MR) is 167 cm³/mol. The number of carbonyl (C=O) groups excluding carboxylic acids is 1. The van der Waals surface area contributed by atoms with Crippen molar-refractivity contribution in [3.8, 4) is 0 Å². The monoisotopic (exact) mass is 560 g/mol. The van der Waals surface area contributed by atoms with Gasteiger partial charge in [0.1, 0.15) is 0 Å². The van der Waals surface area contributed by atoms with Gasteiger partial charge in [0.05, 0.1) is 22.4 Å². The molecule has 0 aliphatic carbocycles. The lowest BCUT2D eigenvalue weighted by atomic mass is 9.75. The molecule has 0 saturated carbocycles. The van der Waals surface area contributed by atoms with Gasteiger partial charge in [0.25, 0.3) is 0 Å². The molecule has 7 nitrogen and oxygen atoms in total. The van der Waals surface area contributed by atoms with Crippen LogP contribution in [-0.4, -0.2) is 55.6 Å². The highest BCUT2D eigenvalue weighted by molar-refractivity contribution is 6.63. The molecule has 0 unspecified atom stereocenters. The van der Waals surface area contributed by atoms with Crippen LogP contribution >= 0.6 is 0 Å². The largest absolute Gasteiger partial charge is 0.495 e. The minimum Gasteiger partial charge on any atom is -0.399 e. The van der Waals surface area contributed by atoms with E-state index in [0.29, 0.717) is 0 Å². The van der Waals surface area contributed by atoms with Crippen LogP contribution in [-0.2, 0) is 23.4 Å². The van der Waals surface area contributed by atoms with Crippen LogP contribution in [0.3, 0.4) is 0 Å². The molecule has 5 rings (SSSR count). The Kier molecular flexibility index (Phi) is 7.78. The summed E-state index contributed by atoms with van der Waals surface area (Å²) in [4.78, 5) is 16.2. The van der Waals surface area contributed by atoms with Crippen LogP contribution in [0.2, 0.25) is 0 Å². The highest BCUT2D eigenvalue weighted by Crippen LogP contribution is 2.39. The summed E-state index contributed by atoms with van der Waals surface area (Å²) in [6, 6.07) is 12.3. The zero-order chi connectivity index (χ0) is 30.0. The Morgan fingerprint density at radius 3 is 1.44 bits per heavy atom. The van der Waals surface area contributed by atoms with Crippen molar-refractivity contribution in [1.29, 1.82) is 0 Å². The number of rotatable bonds is 5. The molecule has 220 valence electrons. The van der Waals surface area contributed by atoms with Gasteiger partial charge >= 0.3 is 14.2 Å². The summed E-state index contributed by atoms with van der Waals surface area (Å²) in [5.74, 6) is 0.0263. The first-order chi connectivity index (χ1) is 19.0. The van der Waals surface area contributed by atoms with Gasteiger partial charge in [0, 0.05) is 17.3 Å². The number of benzene rings is 2. The van der Waals surface area contributed by atoms with E-state index >= 15 is 0 Å². The van der Waals surface area contributed by atoms with Crippen molar-refractivity contribution in [3.05, 3.63) is 47.5 Å². The summed E-state index contributed by atoms with van der Waals surface area (Å²) < 4.78 is 25.7. The Balaban J connectivity index is 1.57. The van der Waals surface area contributed by atoms with Gasteiger partial charge in [-0.25, -0.2) is 0 Å². The average Bonchev–Trinajstić information content (AvgIpc) is 3.25. The summed E-state index contributed by atoms with van der Waals surface area (Å²) in [7, 11) is -1.04. The molecular formula is C32H46B2N2O5. The Labute approximate surface area is 246 Å². The number of anilines is 2. The molecule has 3 heterocycles. The fraction of sp³-hybridized carbons (Fsp3) is 0.594. The van der Waals surface area contributed by atoms with Gasteiger partial charge in [0.15, 0.2) is 0 Å². The van der Waals surface area contributed by atoms with Crippen LogP contribution in [0.1, 0.15) is 79.4 Å². The number of aryl methyl sites for hydroxylation is 2. The van der Waals surface area contributed by atoms with E-state index in [9.17, 15) is 4.79 Å². The molecule has 3 saturated heterocycles. The molecule has 2 aromatic rings. The van der Waals surface area contributed by atoms with Crippen molar-refractivity contribution in [1.82, 2.24) is 5.32 Å². The van der Waals surface area contributed by atoms with Crippen LogP contribution in [0.15, 0.2) is 36.4 Å². The topological polar surface area (TPSA) is 69.3 Å². The van der Waals surface area contributed by atoms with Gasteiger partial charge in [-0.05, 0) is 130 Å². The number of carbonyl (C=O) groups is 1. The van der Waals surface area contributed by atoms with E-state index in [0.717, 1.165) is 59.4 Å². The molecule has 3 aliphatic rings. The fourth-order valence-corrected chi connectivity index (χ4v) is 5.64. The molecule has 41 heavy (non-hydrogen) atoms. The van der Waals surface area contributed by atoms with Crippen LogP contribution in [0.4, 0.5) is 11.4 Å². The van der Waals surface area contributed by atoms with Crippen molar-refractivity contribution in [2.45, 2.75) is 104 Å². The van der Waals surface area contributed by atoms with Gasteiger partial charge in [-0.3, -0.25) is 9.69 Å². The van der Waals surface area contributed by atoms with E-state index < -0.39 is 36.6 Å². The summed E-state index contributed by atoms with van der Waals surface area (Å²) >= 11 is 0. The second-order valence-electron chi connectivity index (χ2n) is 14.0. The first kappa shape index (κ1) is 30.3. The lowest BCUT2D eigenvalue weighted by Crippen LogP contribution is -2.41. The van der Waals surface area contributed by atoms with E-state index in [-0.39, 0.29) is 11.8 Å². The fourth-order valence-electron chi connectivity index (χ4n) is 5.64. The quantitative estimate of drug-likeness (QED) is 0.541. The SMILES string of the molecule is Cc1ccc(N(C(=O)C2CCNCC2)c2ccc(C)c(B3OC(C)(C)C(C)(C)O3)c2)cc1B1OC(C)(C)C(C)(C)O1. The molecule has 0 radical (unpaired) electrons. The third-order valence-electron chi connectivity index (χ3n) is 9.97. The standard InChI is InChI=1S/C32H46B2N2O5/c1-21-11-13-24(19-26(21)33-38-29(3,4)30(5,6)39-33)36(28(37)23-15-17-35-18-16-23)25-14-12-22(2)27(20-25)34-40-31(7,8)32(9,10)41-34/h11-14,19-20,23,35H,15-18H2,1-10H3. The number of hydrogen-bond donors (Lipinski definition) is 1. The van der Waals surface area contributed by atoms with Crippen LogP contribution < -0.4 is 21.1 Å².